The van der Waals surface area contributed by atoms with Gasteiger partial charge in [-0.3, -0.25) is 4.79 Å². The van der Waals surface area contributed by atoms with E-state index in [1.807, 2.05) is 20.9 Å². The lowest BCUT2D eigenvalue weighted by atomic mass is 10.3. The summed E-state index contributed by atoms with van der Waals surface area (Å²) >= 11 is 0. The molecule has 0 aromatic heterocycles. The third kappa shape index (κ3) is 9.83. The van der Waals surface area contributed by atoms with Gasteiger partial charge in [0.05, 0.1) is 6.54 Å². The van der Waals surface area contributed by atoms with Gasteiger partial charge in [0, 0.05) is 7.97 Å². The van der Waals surface area contributed by atoms with Crippen molar-refractivity contribution in [3.05, 3.63) is 0 Å². The van der Waals surface area contributed by atoms with Crippen molar-refractivity contribution in [1.82, 2.24) is 10.2 Å². The average molecular weight is 246 g/mol. The Morgan fingerprint density at radius 3 is 2.41 bits per heavy atom. The molecule has 1 aliphatic rings. The van der Waals surface area contributed by atoms with Gasteiger partial charge in [-0.15, -0.1) is 0 Å². The minimum Gasteiger partial charge on any atom is -0.329 e. The first-order valence-electron chi connectivity index (χ1n) is 6.16. The van der Waals surface area contributed by atoms with E-state index in [9.17, 15) is 9.18 Å². The van der Waals surface area contributed by atoms with Crippen molar-refractivity contribution < 1.29 is 10.6 Å². The zero-order chi connectivity index (χ0) is 13.7. The molecular formula is C13H27FN2O. The Morgan fingerprint density at radius 2 is 2.12 bits per heavy atom. The number of alkyl halides is 1. The molecule has 0 saturated carbocycles. The first-order valence-corrected chi connectivity index (χ1v) is 6.16. The lowest BCUT2D eigenvalue weighted by molar-refractivity contribution is -0.124. The molecule has 1 atom stereocenters. The fraction of sp³-hybridized carbons (Fsp3) is 0.769. The van der Waals surface area contributed by atoms with E-state index in [4.69, 9.17) is 0 Å². The molecular weight excluding hydrogens is 219 g/mol. The van der Waals surface area contributed by atoms with Crippen LogP contribution in [0.15, 0.2) is 0 Å². The summed E-state index contributed by atoms with van der Waals surface area (Å²) in [6.45, 7) is 9.46. The fourth-order valence-electron chi connectivity index (χ4n) is 1.09. The summed E-state index contributed by atoms with van der Waals surface area (Å²) in [6, 6.07) is 0. The molecule has 0 bridgehead atoms. The van der Waals surface area contributed by atoms with Crippen LogP contribution in [0.25, 0.3) is 0 Å². The SMILES string of the molecule is CC.CC#CC(=O)N1CC[C@H](F)C1.CCNC.[HH]. The zero-order valence-corrected chi connectivity index (χ0v) is 11.6. The van der Waals surface area contributed by atoms with Crippen LogP contribution in [0.3, 0.4) is 0 Å². The maximum absolute atomic E-state index is 12.5. The highest BCUT2D eigenvalue weighted by Gasteiger charge is 2.24. The number of rotatable bonds is 1. The Labute approximate surface area is 106 Å². The second kappa shape index (κ2) is 13.0. The van der Waals surface area contributed by atoms with Gasteiger partial charge in [-0.05, 0) is 32.9 Å². The first kappa shape index (κ1) is 18.3. The standard InChI is InChI=1S/C8H10FNO.C3H9N.C2H6.H2/c1-2-3-8(11)10-5-4-7(9)6-10;1-3-4-2;1-2;/h7H,4-6H2,1H3;4H,3H2,1-2H3;1-2H3;1H/t7-;;;/m0.../s1. The highest BCUT2D eigenvalue weighted by molar-refractivity contribution is 5.93. The highest BCUT2D eigenvalue weighted by atomic mass is 19.1. The zero-order valence-electron chi connectivity index (χ0n) is 11.6. The Balaban J connectivity index is -0.000000277. The summed E-state index contributed by atoms with van der Waals surface area (Å²) in [5, 5.41) is 2.93. The van der Waals surface area contributed by atoms with E-state index < -0.39 is 6.17 Å². The maximum Gasteiger partial charge on any atom is 0.298 e. The number of likely N-dealkylation sites (tertiary alicyclic amines) is 1. The van der Waals surface area contributed by atoms with Crippen molar-refractivity contribution in [1.29, 1.82) is 0 Å². The molecule has 1 N–H and O–H groups in total. The molecule has 0 aliphatic carbocycles. The maximum atomic E-state index is 12.5. The molecule has 3 nitrogen and oxygen atoms in total. The smallest absolute Gasteiger partial charge is 0.298 e. The predicted molar refractivity (Wildman–Crippen MR) is 72.6 cm³/mol. The molecule has 0 aromatic carbocycles. The molecule has 4 heteroatoms. The third-order valence-corrected chi connectivity index (χ3v) is 2.00. The number of carbonyl (C=O) groups is 1. The van der Waals surface area contributed by atoms with Crippen LogP contribution < -0.4 is 5.32 Å². The van der Waals surface area contributed by atoms with Crippen molar-refractivity contribution in [2.75, 3.05) is 26.7 Å². The lowest BCUT2D eigenvalue weighted by Crippen LogP contribution is -2.27. The van der Waals surface area contributed by atoms with Crippen LogP contribution in [0.5, 0.6) is 0 Å². The minimum atomic E-state index is -0.849. The van der Waals surface area contributed by atoms with Crippen LogP contribution in [0.1, 0.15) is 35.5 Å². The number of carbonyl (C=O) groups excluding carboxylic acids is 1. The number of hydrogen-bond acceptors (Lipinski definition) is 2. The van der Waals surface area contributed by atoms with Crippen LogP contribution in [0, 0.1) is 11.8 Å². The minimum absolute atomic E-state index is 0. The molecule has 1 aliphatic heterocycles. The van der Waals surface area contributed by atoms with E-state index in [-0.39, 0.29) is 13.9 Å². The third-order valence-electron chi connectivity index (χ3n) is 2.00. The normalized spacial score (nSPS) is 16.8. The van der Waals surface area contributed by atoms with Gasteiger partial charge in [0.2, 0.25) is 0 Å². The van der Waals surface area contributed by atoms with Gasteiger partial charge in [0.1, 0.15) is 6.17 Å². The molecule has 0 spiro atoms. The summed E-state index contributed by atoms with van der Waals surface area (Å²) in [4.78, 5) is 12.4. The summed E-state index contributed by atoms with van der Waals surface area (Å²) in [5.74, 6) is 4.62. The van der Waals surface area contributed by atoms with Crippen molar-refractivity contribution in [2.24, 2.45) is 0 Å². The highest BCUT2D eigenvalue weighted by Crippen LogP contribution is 2.11. The molecule has 1 saturated heterocycles. The van der Waals surface area contributed by atoms with Crippen molar-refractivity contribution in [2.45, 2.75) is 40.3 Å². The fourth-order valence-corrected chi connectivity index (χ4v) is 1.09. The van der Waals surface area contributed by atoms with Crippen LogP contribution in [0.2, 0.25) is 0 Å². The molecule has 17 heavy (non-hydrogen) atoms. The Kier molecular flexibility index (Phi) is 14.0. The average Bonchev–Trinajstić information content (AvgIpc) is 2.79. The van der Waals surface area contributed by atoms with Crippen LogP contribution in [-0.2, 0) is 4.79 Å². The van der Waals surface area contributed by atoms with E-state index >= 15 is 0 Å². The summed E-state index contributed by atoms with van der Waals surface area (Å²) < 4.78 is 12.5. The Hall–Kier alpha value is -1.08. The molecule has 1 rings (SSSR count). The molecule has 1 amide bonds. The monoisotopic (exact) mass is 246 g/mol. The largest absolute Gasteiger partial charge is 0.329 e. The van der Waals surface area contributed by atoms with Gasteiger partial charge in [0.25, 0.3) is 5.91 Å². The number of halogens is 1. The van der Waals surface area contributed by atoms with Gasteiger partial charge >= 0.3 is 0 Å². The van der Waals surface area contributed by atoms with E-state index in [1.165, 1.54) is 4.90 Å². The van der Waals surface area contributed by atoms with Gasteiger partial charge in [-0.1, -0.05) is 26.7 Å². The number of hydrogen-bond donors (Lipinski definition) is 1. The van der Waals surface area contributed by atoms with Gasteiger partial charge < -0.3 is 10.2 Å². The Bertz CT molecular complexity index is 249. The number of nitrogens with one attached hydrogen (secondary N) is 1. The predicted octanol–water partition coefficient (Wildman–Crippen LogP) is 2.08. The molecule has 1 fully saturated rings. The second-order valence-corrected chi connectivity index (χ2v) is 3.22. The molecule has 102 valence electrons. The van der Waals surface area contributed by atoms with Crippen LogP contribution in [-0.4, -0.2) is 43.7 Å². The van der Waals surface area contributed by atoms with Crippen molar-refractivity contribution >= 4 is 5.91 Å². The lowest BCUT2D eigenvalue weighted by Gasteiger charge is -2.09. The molecule has 1 heterocycles. The van der Waals surface area contributed by atoms with Crippen LogP contribution >= 0.6 is 0 Å². The quantitative estimate of drug-likeness (QED) is 0.718. The number of nitrogens with zero attached hydrogens (tertiary/aromatic N) is 1. The summed E-state index contributed by atoms with van der Waals surface area (Å²) in [5.41, 5.74) is 0. The molecule has 0 unspecified atom stereocenters. The first-order chi connectivity index (χ1) is 8.15. The Morgan fingerprint density at radius 1 is 1.59 bits per heavy atom. The van der Waals surface area contributed by atoms with Crippen molar-refractivity contribution in [3.63, 3.8) is 0 Å². The molecule has 0 aromatic rings. The number of amides is 1. The van der Waals surface area contributed by atoms with Gasteiger partial charge in [-0.25, -0.2) is 4.39 Å². The summed E-state index contributed by atoms with van der Waals surface area (Å²) in [6.07, 6.45) is -0.394. The van der Waals surface area contributed by atoms with E-state index in [2.05, 4.69) is 24.1 Å². The van der Waals surface area contributed by atoms with Crippen molar-refractivity contribution in [3.8, 4) is 11.8 Å². The second-order valence-electron chi connectivity index (χ2n) is 3.22. The molecule has 0 radical (unpaired) electrons. The van der Waals surface area contributed by atoms with E-state index in [1.54, 1.807) is 6.92 Å². The van der Waals surface area contributed by atoms with Gasteiger partial charge in [-0.2, -0.15) is 0 Å². The van der Waals surface area contributed by atoms with Gasteiger partial charge in [0.15, 0.2) is 0 Å². The summed E-state index contributed by atoms with van der Waals surface area (Å²) in [7, 11) is 1.93. The topological polar surface area (TPSA) is 32.3 Å². The van der Waals surface area contributed by atoms with E-state index in [0.717, 1.165) is 6.54 Å². The van der Waals surface area contributed by atoms with Crippen LogP contribution in [0.4, 0.5) is 4.39 Å². The van der Waals surface area contributed by atoms with E-state index in [0.29, 0.717) is 13.0 Å².